The zero-order valence-corrected chi connectivity index (χ0v) is 10.4. The molecule has 2 aromatic carbocycles. The maximum Gasteiger partial charge on any atom is 0.157 e. The van der Waals surface area contributed by atoms with Gasteiger partial charge in [-0.25, -0.2) is 0 Å². The van der Waals surface area contributed by atoms with Crippen molar-refractivity contribution in [1.82, 2.24) is 0 Å². The SMILES string of the molecule is NC1(c2ccc3ccccc3c2)CCCCC1=O. The highest BCUT2D eigenvalue weighted by atomic mass is 16.1. The molecular weight excluding hydrogens is 222 g/mol. The first kappa shape index (κ1) is 11.4. The molecule has 2 heteroatoms. The minimum absolute atomic E-state index is 0.184. The van der Waals surface area contributed by atoms with Crippen LogP contribution in [0.5, 0.6) is 0 Å². The zero-order valence-electron chi connectivity index (χ0n) is 10.4. The third-order valence-electron chi connectivity index (χ3n) is 3.99. The highest BCUT2D eigenvalue weighted by molar-refractivity contribution is 5.92. The highest BCUT2D eigenvalue weighted by Gasteiger charge is 2.37. The van der Waals surface area contributed by atoms with Crippen molar-refractivity contribution in [3.05, 3.63) is 48.0 Å². The van der Waals surface area contributed by atoms with Crippen molar-refractivity contribution in [1.29, 1.82) is 0 Å². The Labute approximate surface area is 107 Å². The molecule has 0 heterocycles. The van der Waals surface area contributed by atoms with E-state index < -0.39 is 5.54 Å². The molecule has 0 aromatic heterocycles. The summed E-state index contributed by atoms with van der Waals surface area (Å²) in [4.78, 5) is 12.1. The maximum absolute atomic E-state index is 12.1. The van der Waals surface area contributed by atoms with Gasteiger partial charge in [-0.2, -0.15) is 0 Å². The van der Waals surface area contributed by atoms with Gasteiger partial charge in [-0.3, -0.25) is 4.79 Å². The molecule has 1 saturated carbocycles. The van der Waals surface area contributed by atoms with E-state index in [1.807, 2.05) is 18.2 Å². The Balaban J connectivity index is 2.10. The number of benzene rings is 2. The summed E-state index contributed by atoms with van der Waals surface area (Å²) < 4.78 is 0. The summed E-state index contributed by atoms with van der Waals surface area (Å²) in [5.74, 6) is 0.184. The van der Waals surface area contributed by atoms with Crippen LogP contribution in [0.25, 0.3) is 10.8 Å². The van der Waals surface area contributed by atoms with Gasteiger partial charge in [0.25, 0.3) is 0 Å². The van der Waals surface area contributed by atoms with E-state index in [1.54, 1.807) is 0 Å². The molecule has 0 spiro atoms. The lowest BCUT2D eigenvalue weighted by Gasteiger charge is -2.32. The van der Waals surface area contributed by atoms with Crippen LogP contribution in [0.3, 0.4) is 0 Å². The molecule has 1 atom stereocenters. The summed E-state index contributed by atoms with van der Waals surface area (Å²) in [6, 6.07) is 14.3. The van der Waals surface area contributed by atoms with E-state index in [9.17, 15) is 4.79 Å². The van der Waals surface area contributed by atoms with Crippen LogP contribution < -0.4 is 5.73 Å². The van der Waals surface area contributed by atoms with Gasteiger partial charge < -0.3 is 5.73 Å². The van der Waals surface area contributed by atoms with Crippen LogP contribution >= 0.6 is 0 Å². The predicted octanol–water partition coefficient (Wildman–Crippen LogP) is 3.14. The van der Waals surface area contributed by atoms with Crippen LogP contribution in [-0.2, 0) is 10.3 Å². The number of ketones is 1. The van der Waals surface area contributed by atoms with Gasteiger partial charge >= 0.3 is 0 Å². The van der Waals surface area contributed by atoms with Crippen molar-refractivity contribution < 1.29 is 4.79 Å². The zero-order chi connectivity index (χ0) is 12.6. The molecule has 18 heavy (non-hydrogen) atoms. The van der Waals surface area contributed by atoms with Crippen molar-refractivity contribution in [2.45, 2.75) is 31.2 Å². The number of nitrogens with two attached hydrogens (primary N) is 1. The normalized spacial score (nSPS) is 24.4. The van der Waals surface area contributed by atoms with Crippen molar-refractivity contribution in [3.63, 3.8) is 0 Å². The molecule has 1 aliphatic rings. The van der Waals surface area contributed by atoms with E-state index in [4.69, 9.17) is 5.73 Å². The Morgan fingerprint density at radius 3 is 2.56 bits per heavy atom. The minimum Gasteiger partial charge on any atom is -0.315 e. The van der Waals surface area contributed by atoms with Crippen molar-refractivity contribution >= 4 is 16.6 Å². The first-order valence-corrected chi connectivity index (χ1v) is 6.52. The third kappa shape index (κ3) is 1.73. The number of fused-ring (bicyclic) bond motifs is 1. The quantitative estimate of drug-likeness (QED) is 0.830. The second kappa shape index (κ2) is 4.21. The second-order valence-electron chi connectivity index (χ2n) is 5.16. The third-order valence-corrected chi connectivity index (χ3v) is 3.99. The fourth-order valence-electron chi connectivity index (χ4n) is 2.82. The smallest absolute Gasteiger partial charge is 0.157 e. The summed E-state index contributed by atoms with van der Waals surface area (Å²) in [6.07, 6.45) is 3.40. The Morgan fingerprint density at radius 2 is 1.78 bits per heavy atom. The Hall–Kier alpha value is -1.67. The molecular formula is C16H17NO. The predicted molar refractivity (Wildman–Crippen MR) is 73.3 cm³/mol. The van der Waals surface area contributed by atoms with Crippen LogP contribution in [0.4, 0.5) is 0 Å². The first-order valence-electron chi connectivity index (χ1n) is 6.52. The molecule has 0 saturated heterocycles. The van der Waals surface area contributed by atoms with Crippen LogP contribution in [0.15, 0.2) is 42.5 Å². The average Bonchev–Trinajstić information content (AvgIpc) is 2.42. The fraction of sp³-hybridized carbons (Fsp3) is 0.312. The van der Waals surface area contributed by atoms with Crippen molar-refractivity contribution in [3.8, 4) is 0 Å². The van der Waals surface area contributed by atoms with Gasteiger partial charge in [0, 0.05) is 6.42 Å². The molecule has 2 N–H and O–H groups in total. The van der Waals surface area contributed by atoms with E-state index in [-0.39, 0.29) is 5.78 Å². The first-order chi connectivity index (χ1) is 8.70. The number of Topliss-reactive ketones (excluding diaryl/α,β-unsaturated/α-hetero) is 1. The van der Waals surface area contributed by atoms with Crippen LogP contribution in [0, 0.1) is 0 Å². The second-order valence-corrected chi connectivity index (χ2v) is 5.16. The van der Waals surface area contributed by atoms with E-state index in [0.29, 0.717) is 6.42 Å². The fourth-order valence-corrected chi connectivity index (χ4v) is 2.82. The lowest BCUT2D eigenvalue weighted by Crippen LogP contribution is -2.46. The van der Waals surface area contributed by atoms with E-state index in [2.05, 4.69) is 24.3 Å². The lowest BCUT2D eigenvalue weighted by molar-refractivity contribution is -0.126. The number of rotatable bonds is 1. The monoisotopic (exact) mass is 239 g/mol. The Morgan fingerprint density at radius 1 is 1.00 bits per heavy atom. The van der Waals surface area contributed by atoms with E-state index in [0.717, 1.165) is 30.2 Å². The van der Waals surface area contributed by atoms with Crippen LogP contribution in [0.2, 0.25) is 0 Å². The minimum atomic E-state index is -0.762. The topological polar surface area (TPSA) is 43.1 Å². The highest BCUT2D eigenvalue weighted by Crippen LogP contribution is 2.33. The molecule has 2 nitrogen and oxygen atoms in total. The van der Waals surface area contributed by atoms with Crippen molar-refractivity contribution in [2.75, 3.05) is 0 Å². The molecule has 1 fully saturated rings. The molecule has 1 aliphatic carbocycles. The van der Waals surface area contributed by atoms with Gasteiger partial charge in [0.2, 0.25) is 0 Å². The number of hydrogen-bond acceptors (Lipinski definition) is 2. The van der Waals surface area contributed by atoms with Gasteiger partial charge in [-0.15, -0.1) is 0 Å². The van der Waals surface area contributed by atoms with Gasteiger partial charge in [0.1, 0.15) is 5.54 Å². The molecule has 0 amide bonds. The van der Waals surface area contributed by atoms with E-state index in [1.165, 1.54) is 5.39 Å². The van der Waals surface area contributed by atoms with Gasteiger partial charge in [0.05, 0.1) is 0 Å². The average molecular weight is 239 g/mol. The Bertz CT molecular complexity index is 605. The van der Waals surface area contributed by atoms with Crippen molar-refractivity contribution in [2.24, 2.45) is 5.73 Å². The standard InChI is InChI=1S/C16H17NO/c17-16(10-4-3-7-15(16)18)14-9-8-12-5-1-2-6-13(12)11-14/h1-2,5-6,8-9,11H,3-4,7,10,17H2. The number of carbonyl (C=O) groups is 1. The summed E-state index contributed by atoms with van der Waals surface area (Å²) in [6.45, 7) is 0. The summed E-state index contributed by atoms with van der Waals surface area (Å²) in [7, 11) is 0. The van der Waals surface area contributed by atoms with Gasteiger partial charge in [0.15, 0.2) is 5.78 Å². The summed E-state index contributed by atoms with van der Waals surface area (Å²) >= 11 is 0. The van der Waals surface area contributed by atoms with Gasteiger partial charge in [-0.1, -0.05) is 42.8 Å². The Kier molecular flexibility index (Phi) is 2.67. The molecule has 3 rings (SSSR count). The van der Waals surface area contributed by atoms with Gasteiger partial charge in [-0.05, 0) is 35.2 Å². The lowest BCUT2D eigenvalue weighted by atomic mass is 9.76. The molecule has 1 unspecified atom stereocenters. The molecule has 0 aliphatic heterocycles. The molecule has 0 radical (unpaired) electrons. The van der Waals surface area contributed by atoms with Crippen LogP contribution in [-0.4, -0.2) is 5.78 Å². The number of hydrogen-bond donors (Lipinski definition) is 1. The molecule has 0 bridgehead atoms. The largest absolute Gasteiger partial charge is 0.315 e. The van der Waals surface area contributed by atoms with E-state index >= 15 is 0 Å². The molecule has 2 aromatic rings. The van der Waals surface area contributed by atoms with Crippen LogP contribution in [0.1, 0.15) is 31.2 Å². The summed E-state index contributed by atoms with van der Waals surface area (Å²) in [5, 5.41) is 2.34. The summed E-state index contributed by atoms with van der Waals surface area (Å²) in [5.41, 5.74) is 6.57. The molecule has 92 valence electrons. The number of carbonyl (C=O) groups excluding carboxylic acids is 1. The maximum atomic E-state index is 12.1.